The lowest BCUT2D eigenvalue weighted by atomic mass is 9.88. The summed E-state index contributed by atoms with van der Waals surface area (Å²) in [5.41, 5.74) is 1.34. The van der Waals surface area contributed by atoms with Crippen molar-refractivity contribution in [3.63, 3.8) is 0 Å². The smallest absolute Gasteiger partial charge is 0.317 e. The number of fused-ring (bicyclic) bond motifs is 1. The van der Waals surface area contributed by atoms with Crippen molar-refractivity contribution in [2.75, 3.05) is 32.1 Å². The van der Waals surface area contributed by atoms with Gasteiger partial charge in [0, 0.05) is 42.7 Å². The van der Waals surface area contributed by atoms with Gasteiger partial charge in [-0.2, -0.15) is 0 Å². The summed E-state index contributed by atoms with van der Waals surface area (Å²) in [6.45, 7) is 4.48. The lowest BCUT2D eigenvalue weighted by molar-refractivity contribution is -0.134. The lowest BCUT2D eigenvalue weighted by Gasteiger charge is -2.34. The van der Waals surface area contributed by atoms with Gasteiger partial charge >= 0.3 is 6.03 Å². The van der Waals surface area contributed by atoms with Gasteiger partial charge in [-0.3, -0.25) is 9.59 Å². The van der Waals surface area contributed by atoms with Gasteiger partial charge in [-0.1, -0.05) is 45.4 Å². The molecule has 0 radical (unpaired) electrons. The van der Waals surface area contributed by atoms with Gasteiger partial charge in [0.15, 0.2) is 0 Å². The maximum Gasteiger partial charge on any atom is 0.317 e. The van der Waals surface area contributed by atoms with Crippen LogP contribution in [-0.2, 0) is 16.0 Å². The average molecular weight is 557 g/mol. The molecule has 1 heterocycles. The van der Waals surface area contributed by atoms with Gasteiger partial charge in [0.25, 0.3) is 0 Å². The summed E-state index contributed by atoms with van der Waals surface area (Å²) in [6.07, 6.45) is 10.4. The first-order chi connectivity index (χ1) is 19.2. The normalized spacial score (nSPS) is 23.6. The van der Waals surface area contributed by atoms with Crippen molar-refractivity contribution in [1.82, 2.24) is 15.1 Å². The number of nitrogens with zero attached hydrogens (tertiary/aromatic N) is 2. The van der Waals surface area contributed by atoms with Crippen molar-refractivity contribution in [2.45, 2.75) is 103 Å². The molecule has 3 N–H and O–H groups in total. The number of carbonyl (C=O) groups excluding carboxylic acids is 3. The van der Waals surface area contributed by atoms with Crippen LogP contribution in [0, 0.1) is 11.8 Å². The number of hydrogen-bond donors (Lipinski definition) is 3. The van der Waals surface area contributed by atoms with Crippen LogP contribution in [0.15, 0.2) is 18.2 Å². The predicted octanol–water partition coefficient (Wildman–Crippen LogP) is 4.33. The second-order valence-corrected chi connectivity index (χ2v) is 12.2. The average Bonchev–Trinajstić information content (AvgIpc) is 3.01. The van der Waals surface area contributed by atoms with E-state index in [1.807, 2.05) is 32.0 Å². The monoisotopic (exact) mass is 556 g/mol. The van der Waals surface area contributed by atoms with Gasteiger partial charge in [-0.05, 0) is 50.8 Å². The molecule has 1 aromatic rings. The fourth-order valence-corrected chi connectivity index (χ4v) is 6.22. The Bertz CT molecular complexity index is 1020. The molecule has 0 saturated heterocycles. The second kappa shape index (κ2) is 14.2. The van der Waals surface area contributed by atoms with Gasteiger partial charge in [0.05, 0.1) is 25.6 Å². The largest absolute Gasteiger partial charge is 0.488 e. The van der Waals surface area contributed by atoms with E-state index in [1.54, 1.807) is 16.8 Å². The Morgan fingerprint density at radius 2 is 1.77 bits per heavy atom. The van der Waals surface area contributed by atoms with Crippen molar-refractivity contribution in [2.24, 2.45) is 11.8 Å². The summed E-state index contributed by atoms with van der Waals surface area (Å²) in [6, 6.07) is 5.24. The van der Waals surface area contributed by atoms with Crippen LogP contribution in [0.2, 0.25) is 0 Å². The van der Waals surface area contributed by atoms with E-state index in [0.717, 1.165) is 51.4 Å². The molecule has 4 amide bonds. The molecule has 1 aromatic carbocycles. The third-order valence-corrected chi connectivity index (χ3v) is 8.89. The molecule has 3 aliphatic rings. The van der Waals surface area contributed by atoms with Gasteiger partial charge in [-0.25, -0.2) is 4.79 Å². The topological polar surface area (TPSA) is 111 Å². The molecule has 0 bridgehead atoms. The number of benzene rings is 1. The molecule has 222 valence electrons. The Morgan fingerprint density at radius 1 is 1.10 bits per heavy atom. The van der Waals surface area contributed by atoms with E-state index in [2.05, 4.69) is 10.6 Å². The van der Waals surface area contributed by atoms with Crippen LogP contribution in [-0.4, -0.2) is 77.7 Å². The maximum atomic E-state index is 13.5. The summed E-state index contributed by atoms with van der Waals surface area (Å²) in [5.74, 6) is 0.443. The van der Waals surface area contributed by atoms with Crippen molar-refractivity contribution in [1.29, 1.82) is 0 Å². The number of hydrogen-bond acceptors (Lipinski definition) is 5. The molecule has 40 heavy (non-hydrogen) atoms. The number of carbonyl (C=O) groups is 3. The third-order valence-electron chi connectivity index (χ3n) is 8.89. The van der Waals surface area contributed by atoms with E-state index in [0.29, 0.717) is 30.1 Å². The number of anilines is 1. The van der Waals surface area contributed by atoms with Gasteiger partial charge in [0.2, 0.25) is 11.8 Å². The van der Waals surface area contributed by atoms with E-state index in [4.69, 9.17) is 4.74 Å². The van der Waals surface area contributed by atoms with Crippen molar-refractivity contribution in [3.05, 3.63) is 23.8 Å². The molecule has 2 saturated carbocycles. The molecule has 9 nitrogen and oxygen atoms in total. The van der Waals surface area contributed by atoms with E-state index < -0.39 is 0 Å². The highest BCUT2D eigenvalue weighted by Gasteiger charge is 2.32. The van der Waals surface area contributed by atoms with Gasteiger partial charge in [-0.15, -0.1) is 0 Å². The van der Waals surface area contributed by atoms with Crippen molar-refractivity contribution < 1.29 is 24.2 Å². The number of ether oxygens (including phenoxy) is 1. The van der Waals surface area contributed by atoms with Crippen LogP contribution in [0.5, 0.6) is 5.75 Å². The van der Waals surface area contributed by atoms with E-state index in [9.17, 15) is 19.5 Å². The zero-order valence-electron chi connectivity index (χ0n) is 24.5. The van der Waals surface area contributed by atoms with Crippen LogP contribution in [0.1, 0.15) is 83.6 Å². The summed E-state index contributed by atoms with van der Waals surface area (Å²) in [5, 5.41) is 16.1. The molecular formula is C31H48N4O5. The molecule has 0 unspecified atom stereocenters. The van der Waals surface area contributed by atoms with Crippen LogP contribution in [0.4, 0.5) is 10.5 Å². The minimum Gasteiger partial charge on any atom is -0.488 e. The number of likely N-dealkylation sites (N-methyl/N-ethyl adjacent to an activating group) is 1. The first kappa shape index (κ1) is 30.2. The Balaban J connectivity index is 1.53. The number of amides is 4. The third kappa shape index (κ3) is 7.89. The Hall–Kier alpha value is -2.81. The summed E-state index contributed by atoms with van der Waals surface area (Å²) >= 11 is 0. The van der Waals surface area contributed by atoms with E-state index in [-0.39, 0.29) is 60.9 Å². The van der Waals surface area contributed by atoms with Gasteiger partial charge < -0.3 is 30.3 Å². The van der Waals surface area contributed by atoms with Crippen molar-refractivity contribution >= 4 is 23.5 Å². The highest BCUT2D eigenvalue weighted by Crippen LogP contribution is 2.31. The molecule has 2 aliphatic carbocycles. The lowest BCUT2D eigenvalue weighted by Crippen LogP contribution is -2.50. The van der Waals surface area contributed by atoms with Crippen LogP contribution >= 0.6 is 0 Å². The first-order valence-corrected chi connectivity index (χ1v) is 15.3. The Kier molecular flexibility index (Phi) is 10.7. The van der Waals surface area contributed by atoms with E-state index >= 15 is 0 Å². The quantitative estimate of drug-likeness (QED) is 0.463. The number of nitrogens with one attached hydrogen (secondary N) is 2. The number of rotatable bonds is 7. The highest BCUT2D eigenvalue weighted by atomic mass is 16.5. The number of urea groups is 1. The Morgan fingerprint density at radius 3 is 2.45 bits per heavy atom. The second-order valence-electron chi connectivity index (χ2n) is 12.2. The SMILES string of the molecule is C[C@H]1CN([C@@H](C)CO)C(=O)Cc2cc(NC(=O)C3CCCCC3)ccc2O[C@@H]1CN(C)C(=O)NC1CCCCC1. The molecule has 4 rings (SSSR count). The molecular weight excluding hydrogens is 508 g/mol. The summed E-state index contributed by atoms with van der Waals surface area (Å²) < 4.78 is 6.55. The maximum absolute atomic E-state index is 13.5. The number of aliphatic hydroxyl groups is 1. The fourth-order valence-electron chi connectivity index (χ4n) is 6.22. The fraction of sp³-hybridized carbons (Fsp3) is 0.710. The van der Waals surface area contributed by atoms with Crippen LogP contribution < -0.4 is 15.4 Å². The summed E-state index contributed by atoms with van der Waals surface area (Å²) in [4.78, 5) is 42.8. The molecule has 2 fully saturated rings. The molecule has 0 spiro atoms. The minimum atomic E-state index is -0.372. The Labute approximate surface area is 239 Å². The molecule has 9 heteroatoms. The van der Waals surface area contributed by atoms with Gasteiger partial charge in [0.1, 0.15) is 11.9 Å². The minimum absolute atomic E-state index is 0.0262. The standard InChI is InChI=1S/C31H48N4O5/c1-21-18-35(22(2)20-36)29(37)17-24-16-26(32-30(38)23-10-6-4-7-11-23)14-15-27(24)40-28(21)19-34(3)31(39)33-25-12-8-5-9-13-25/h14-16,21-23,25,28,36H,4-13,17-20H2,1-3H3,(H,32,38)(H,33,39)/t21-,22-,28+/m0/s1. The van der Waals surface area contributed by atoms with Crippen LogP contribution in [0.3, 0.4) is 0 Å². The first-order valence-electron chi connectivity index (χ1n) is 15.3. The van der Waals surface area contributed by atoms with Crippen molar-refractivity contribution in [3.8, 4) is 5.75 Å². The zero-order valence-corrected chi connectivity index (χ0v) is 24.5. The predicted molar refractivity (Wildman–Crippen MR) is 155 cm³/mol. The van der Waals surface area contributed by atoms with E-state index in [1.165, 1.54) is 12.8 Å². The summed E-state index contributed by atoms with van der Waals surface area (Å²) in [7, 11) is 1.78. The molecule has 3 atom stereocenters. The number of aliphatic hydroxyl groups excluding tert-OH is 1. The highest BCUT2D eigenvalue weighted by molar-refractivity contribution is 5.93. The molecule has 1 aliphatic heterocycles. The molecule has 0 aromatic heterocycles. The zero-order chi connectivity index (χ0) is 28.6. The van der Waals surface area contributed by atoms with Crippen LogP contribution in [0.25, 0.3) is 0 Å².